The Balaban J connectivity index is 0.00000169. The highest BCUT2D eigenvalue weighted by Gasteiger charge is 2.58. The van der Waals surface area contributed by atoms with Crippen molar-refractivity contribution in [2.45, 2.75) is 78.6 Å². The van der Waals surface area contributed by atoms with E-state index in [1.165, 1.54) is 25.7 Å². The maximum Gasteiger partial charge on any atom is 0 e. The van der Waals surface area contributed by atoms with Crippen molar-refractivity contribution in [2.24, 2.45) is 52.8 Å². The molecule has 0 nitrogen and oxygen atoms in total. The van der Waals surface area contributed by atoms with Gasteiger partial charge in [-0.3, -0.25) is 0 Å². The van der Waals surface area contributed by atoms with E-state index in [2.05, 4.69) is 33.4 Å². The molecule has 0 aromatic rings. The fraction of sp³-hybridized carbons (Fsp3) is 0.913. The minimum absolute atomic E-state index is 0. The van der Waals surface area contributed by atoms with E-state index in [0.29, 0.717) is 5.41 Å². The van der Waals surface area contributed by atoms with E-state index < -0.39 is 0 Å². The van der Waals surface area contributed by atoms with Crippen LogP contribution in [0.4, 0.5) is 0 Å². The molecule has 0 heterocycles. The van der Waals surface area contributed by atoms with E-state index in [4.69, 9.17) is 0 Å². The van der Waals surface area contributed by atoms with Crippen LogP contribution < -0.4 is 0 Å². The molecule has 0 heteroatoms. The van der Waals surface area contributed by atoms with E-state index in [9.17, 15) is 0 Å². The van der Waals surface area contributed by atoms with E-state index >= 15 is 0 Å². The number of hydrogen-bond acceptors (Lipinski definition) is 0. The van der Waals surface area contributed by atoms with Crippen molar-refractivity contribution >= 4 is 0 Å². The number of hydrogen-bond donors (Lipinski definition) is 0. The highest BCUT2D eigenvalue weighted by atomic mass is 14.6. The topological polar surface area (TPSA) is 0 Å². The Kier molecular flexibility index (Phi) is 4.18. The summed E-state index contributed by atoms with van der Waals surface area (Å²) >= 11 is 0. The van der Waals surface area contributed by atoms with Crippen molar-refractivity contribution in [3.63, 3.8) is 0 Å². The largest absolute Gasteiger partial charge is 0.103 e. The summed E-state index contributed by atoms with van der Waals surface area (Å²) in [5, 5.41) is 0. The molecule has 0 bridgehead atoms. The third-order valence-electron chi connectivity index (χ3n) is 9.23. The first kappa shape index (κ1) is 16.2. The fourth-order valence-corrected chi connectivity index (χ4v) is 8.24. The lowest BCUT2D eigenvalue weighted by Gasteiger charge is -2.56. The summed E-state index contributed by atoms with van der Waals surface area (Å²) in [7, 11) is 0. The molecular formula is C23H40. The summed E-state index contributed by atoms with van der Waals surface area (Å²) in [6, 6.07) is 0. The Morgan fingerprint density at radius 2 is 1.78 bits per heavy atom. The standard InChI is InChI=1S/C23H38.H2/c1-5-6-21-16(3)14-22-20-10-8-17-13-15(2)7-9-18(17)19(20)11-12-23(21,22)4;/h5,15-22H,1,6-14H2,2-4H3;1H. The molecule has 0 aromatic heterocycles. The first-order valence-corrected chi connectivity index (χ1v) is 10.7. The van der Waals surface area contributed by atoms with Gasteiger partial charge in [-0.1, -0.05) is 33.3 Å². The maximum absolute atomic E-state index is 4.07. The SMILES string of the molecule is C=CCC1C(C)CC2C3CCC4CC(C)CCC4C3CCC12C.[HH]. The highest BCUT2D eigenvalue weighted by Crippen LogP contribution is 2.66. The van der Waals surface area contributed by atoms with Crippen LogP contribution in [0.5, 0.6) is 0 Å². The van der Waals surface area contributed by atoms with E-state index in [-0.39, 0.29) is 1.43 Å². The molecule has 4 saturated carbocycles. The summed E-state index contributed by atoms with van der Waals surface area (Å²) in [5.41, 5.74) is 0.629. The molecule has 23 heavy (non-hydrogen) atoms. The van der Waals surface area contributed by atoms with Gasteiger partial charge in [-0.25, -0.2) is 0 Å². The summed E-state index contributed by atoms with van der Waals surface area (Å²) < 4.78 is 0. The monoisotopic (exact) mass is 316 g/mol. The molecule has 9 unspecified atom stereocenters. The Labute approximate surface area is 146 Å². The molecule has 0 N–H and O–H groups in total. The molecule has 4 aliphatic carbocycles. The van der Waals surface area contributed by atoms with Crippen molar-refractivity contribution in [1.82, 2.24) is 0 Å². The molecule has 4 aliphatic rings. The Morgan fingerprint density at radius 3 is 2.57 bits per heavy atom. The molecule has 9 atom stereocenters. The molecule has 0 aromatic carbocycles. The maximum atomic E-state index is 4.07. The van der Waals surface area contributed by atoms with E-state index in [1.807, 2.05) is 0 Å². The molecular weight excluding hydrogens is 276 g/mol. The number of allylic oxidation sites excluding steroid dienone is 1. The van der Waals surface area contributed by atoms with E-state index in [1.54, 1.807) is 32.1 Å². The van der Waals surface area contributed by atoms with Gasteiger partial charge in [0.15, 0.2) is 0 Å². The van der Waals surface area contributed by atoms with Gasteiger partial charge in [0.05, 0.1) is 0 Å². The summed E-state index contributed by atoms with van der Waals surface area (Å²) in [4.78, 5) is 0. The third kappa shape index (κ3) is 2.46. The van der Waals surface area contributed by atoms with Crippen LogP contribution in [-0.2, 0) is 0 Å². The minimum atomic E-state index is 0. The number of fused-ring (bicyclic) bond motifs is 5. The lowest BCUT2D eigenvalue weighted by Crippen LogP contribution is -2.48. The molecule has 132 valence electrons. The second-order valence-corrected chi connectivity index (χ2v) is 10.2. The van der Waals surface area contributed by atoms with Crippen molar-refractivity contribution in [2.75, 3.05) is 0 Å². The lowest BCUT2D eigenvalue weighted by atomic mass is 9.49. The molecule has 4 rings (SSSR count). The van der Waals surface area contributed by atoms with Crippen molar-refractivity contribution < 1.29 is 1.43 Å². The molecule has 0 radical (unpaired) electrons. The quantitative estimate of drug-likeness (QED) is 0.483. The van der Waals surface area contributed by atoms with Gasteiger partial charge in [-0.2, -0.15) is 0 Å². The van der Waals surface area contributed by atoms with E-state index in [0.717, 1.165) is 47.3 Å². The number of rotatable bonds is 2. The molecule has 4 fully saturated rings. The van der Waals surface area contributed by atoms with Crippen molar-refractivity contribution in [3.05, 3.63) is 12.7 Å². The lowest BCUT2D eigenvalue weighted by molar-refractivity contribution is -0.0670. The molecule has 0 amide bonds. The van der Waals surface area contributed by atoms with Gasteiger partial charge in [0, 0.05) is 1.43 Å². The summed E-state index contributed by atoms with van der Waals surface area (Å²) in [6.07, 6.45) is 15.8. The van der Waals surface area contributed by atoms with Crippen LogP contribution in [0.1, 0.15) is 80.0 Å². The zero-order chi connectivity index (χ0) is 16.2. The Hall–Kier alpha value is -0.260. The van der Waals surface area contributed by atoms with Crippen LogP contribution in [-0.4, -0.2) is 0 Å². The second kappa shape index (κ2) is 5.92. The van der Waals surface area contributed by atoms with Gasteiger partial charge in [0.25, 0.3) is 0 Å². The van der Waals surface area contributed by atoms with Crippen LogP contribution in [0.3, 0.4) is 0 Å². The van der Waals surface area contributed by atoms with Gasteiger partial charge < -0.3 is 0 Å². The molecule has 0 spiro atoms. The van der Waals surface area contributed by atoms with Crippen LogP contribution >= 0.6 is 0 Å². The summed E-state index contributed by atoms with van der Waals surface area (Å²) in [5.74, 6) is 8.22. The average Bonchev–Trinajstić information content (AvgIpc) is 2.79. The highest BCUT2D eigenvalue weighted by molar-refractivity contribution is 5.08. The van der Waals surface area contributed by atoms with Gasteiger partial charge in [-0.05, 0) is 104 Å². The average molecular weight is 317 g/mol. The Bertz CT molecular complexity index is 457. The first-order valence-electron chi connectivity index (χ1n) is 10.7. The van der Waals surface area contributed by atoms with Crippen LogP contribution in [0.25, 0.3) is 0 Å². The molecule has 0 saturated heterocycles. The predicted molar refractivity (Wildman–Crippen MR) is 101 cm³/mol. The first-order chi connectivity index (χ1) is 11.0. The van der Waals surface area contributed by atoms with Crippen LogP contribution in [0.15, 0.2) is 12.7 Å². The minimum Gasteiger partial charge on any atom is -0.103 e. The third-order valence-corrected chi connectivity index (χ3v) is 9.23. The summed E-state index contributed by atoms with van der Waals surface area (Å²) in [6.45, 7) is 11.8. The van der Waals surface area contributed by atoms with Crippen molar-refractivity contribution in [3.8, 4) is 0 Å². The fourth-order valence-electron chi connectivity index (χ4n) is 8.24. The van der Waals surface area contributed by atoms with Crippen molar-refractivity contribution in [1.29, 1.82) is 0 Å². The van der Waals surface area contributed by atoms with Gasteiger partial charge >= 0.3 is 0 Å². The normalized spacial score (nSPS) is 55.6. The Morgan fingerprint density at radius 1 is 1.00 bits per heavy atom. The predicted octanol–water partition coefficient (Wildman–Crippen LogP) is 6.96. The zero-order valence-corrected chi connectivity index (χ0v) is 15.8. The van der Waals surface area contributed by atoms with Gasteiger partial charge in [0.1, 0.15) is 0 Å². The van der Waals surface area contributed by atoms with Gasteiger partial charge in [0.2, 0.25) is 0 Å². The smallest absolute Gasteiger partial charge is 0 e. The zero-order valence-electron chi connectivity index (χ0n) is 15.8. The van der Waals surface area contributed by atoms with Crippen LogP contribution in [0, 0.1) is 52.8 Å². The van der Waals surface area contributed by atoms with Crippen LogP contribution in [0.2, 0.25) is 0 Å². The molecule has 0 aliphatic heterocycles. The van der Waals surface area contributed by atoms with Gasteiger partial charge in [-0.15, -0.1) is 6.58 Å². The second-order valence-electron chi connectivity index (χ2n) is 10.2.